The van der Waals surface area contributed by atoms with Crippen LogP contribution in [0.25, 0.3) is 23.8 Å². The summed E-state index contributed by atoms with van der Waals surface area (Å²) in [6.07, 6.45) is 25.3. The molecule has 0 aliphatic carbocycles. The molecule has 7 rings (SSSR count). The maximum absolute atomic E-state index is 4.68. The van der Waals surface area contributed by atoms with Crippen LogP contribution < -0.4 is 9.80 Å². The second-order valence-electron chi connectivity index (χ2n) is 11.1. The van der Waals surface area contributed by atoms with Crippen molar-refractivity contribution in [3.05, 3.63) is 105 Å². The molecule has 0 radical (unpaired) electrons. The van der Waals surface area contributed by atoms with Crippen LogP contribution in [0.5, 0.6) is 0 Å². The maximum atomic E-state index is 4.68. The predicted octanol–water partition coefficient (Wildman–Crippen LogP) is 5.05. The molecule has 0 atom stereocenters. The van der Waals surface area contributed by atoms with E-state index in [4.69, 9.17) is 0 Å². The molecule has 7 aromatic rings. The van der Waals surface area contributed by atoms with Crippen LogP contribution in [-0.2, 0) is 0 Å². The van der Waals surface area contributed by atoms with Gasteiger partial charge in [-0.3, -0.25) is 18.3 Å². The van der Waals surface area contributed by atoms with Gasteiger partial charge in [0.2, 0.25) is 35.7 Å². The second kappa shape index (κ2) is 16.7. The standard InChI is InChI=1S/C17H16N8.C17H24N8/c1-2-25(14-6-4-3-5-7-14)17-21-15(23-10-8-18-12-23)20-16(22-17)24-11-9-19-13-24;1-3-5-9-23(10-6-4-2)15-20-16(24-11-7-18-13-24)22-17(21-15)25-12-8-19-14-25/h3-13H,2H2,1H3;7-8,11-14H,3-6,9-10H2,1-2H3. The van der Waals surface area contributed by atoms with Gasteiger partial charge >= 0.3 is 0 Å². The summed E-state index contributed by atoms with van der Waals surface area (Å²) in [5, 5.41) is 0. The Kier molecular flexibility index (Phi) is 11.2. The molecule has 0 aliphatic rings. The second-order valence-corrected chi connectivity index (χ2v) is 11.1. The number of unbranched alkanes of at least 4 members (excludes halogenated alkanes) is 2. The van der Waals surface area contributed by atoms with Crippen LogP contribution in [0.1, 0.15) is 46.5 Å². The maximum Gasteiger partial charge on any atom is 0.241 e. The van der Waals surface area contributed by atoms with Gasteiger partial charge in [-0.15, -0.1) is 0 Å². The Labute approximate surface area is 290 Å². The van der Waals surface area contributed by atoms with E-state index in [0.29, 0.717) is 35.7 Å². The van der Waals surface area contributed by atoms with E-state index in [9.17, 15) is 0 Å². The summed E-state index contributed by atoms with van der Waals surface area (Å²) in [4.78, 5) is 48.3. The monoisotopic (exact) mass is 672 g/mol. The molecule has 0 saturated heterocycles. The third kappa shape index (κ3) is 8.21. The molecule has 0 saturated carbocycles. The van der Waals surface area contributed by atoms with Crippen molar-refractivity contribution in [3.63, 3.8) is 0 Å². The molecule has 6 aromatic heterocycles. The molecule has 256 valence electrons. The first kappa shape index (κ1) is 33.6. The summed E-state index contributed by atoms with van der Waals surface area (Å²) >= 11 is 0. The minimum absolute atomic E-state index is 0.501. The van der Waals surface area contributed by atoms with E-state index in [1.54, 1.807) is 80.8 Å². The van der Waals surface area contributed by atoms with E-state index >= 15 is 0 Å². The smallest absolute Gasteiger partial charge is 0.241 e. The third-order valence-electron chi connectivity index (χ3n) is 7.61. The van der Waals surface area contributed by atoms with Gasteiger partial charge in [0.1, 0.15) is 25.3 Å². The average molecular weight is 673 g/mol. The quantitative estimate of drug-likeness (QED) is 0.152. The lowest BCUT2D eigenvalue weighted by Gasteiger charge is -2.23. The van der Waals surface area contributed by atoms with Crippen molar-refractivity contribution in [2.24, 2.45) is 0 Å². The summed E-state index contributed by atoms with van der Waals surface area (Å²) in [5.41, 5.74) is 1.02. The van der Waals surface area contributed by atoms with E-state index in [1.807, 2.05) is 47.6 Å². The van der Waals surface area contributed by atoms with E-state index < -0.39 is 0 Å². The summed E-state index contributed by atoms with van der Waals surface area (Å²) in [6, 6.07) is 10.0. The zero-order valence-corrected chi connectivity index (χ0v) is 28.4. The lowest BCUT2D eigenvalue weighted by molar-refractivity contribution is 0.656. The summed E-state index contributed by atoms with van der Waals surface area (Å²) in [6.45, 7) is 9.05. The van der Waals surface area contributed by atoms with Crippen molar-refractivity contribution in [2.45, 2.75) is 46.5 Å². The van der Waals surface area contributed by atoms with E-state index in [0.717, 1.165) is 51.0 Å². The molecule has 6 heterocycles. The molecule has 0 amide bonds. The van der Waals surface area contributed by atoms with Gasteiger partial charge in [-0.05, 0) is 31.9 Å². The van der Waals surface area contributed by atoms with Crippen LogP contribution in [0.3, 0.4) is 0 Å². The van der Waals surface area contributed by atoms with Crippen LogP contribution in [-0.4, -0.2) is 87.7 Å². The van der Waals surface area contributed by atoms with Crippen molar-refractivity contribution < 1.29 is 0 Å². The Morgan fingerprint density at radius 1 is 0.500 bits per heavy atom. The average Bonchev–Trinajstić information content (AvgIpc) is 4.01. The molecular weight excluding hydrogens is 632 g/mol. The Morgan fingerprint density at radius 3 is 1.24 bits per heavy atom. The SMILES string of the molecule is CCCCN(CCCC)c1nc(-n2ccnc2)nc(-n2ccnc2)n1.CCN(c1ccccc1)c1nc(-n2ccnc2)nc(-n2ccnc2)n1. The van der Waals surface area contributed by atoms with Gasteiger partial charge < -0.3 is 9.80 Å². The first-order valence-corrected chi connectivity index (χ1v) is 16.7. The predicted molar refractivity (Wildman–Crippen MR) is 189 cm³/mol. The minimum atomic E-state index is 0.501. The Hall–Kier alpha value is -6.32. The highest BCUT2D eigenvalue weighted by Gasteiger charge is 2.17. The molecule has 16 heteroatoms. The van der Waals surface area contributed by atoms with E-state index in [2.05, 4.69) is 75.5 Å². The lowest BCUT2D eigenvalue weighted by atomic mass is 10.3. The van der Waals surface area contributed by atoms with Gasteiger partial charge in [0.25, 0.3) is 0 Å². The number of rotatable bonds is 14. The molecule has 0 aliphatic heterocycles. The normalized spacial score (nSPS) is 10.9. The van der Waals surface area contributed by atoms with Gasteiger partial charge in [0.05, 0.1) is 0 Å². The fraction of sp³-hybridized carbons (Fsp3) is 0.294. The van der Waals surface area contributed by atoms with Crippen LogP contribution >= 0.6 is 0 Å². The fourth-order valence-electron chi connectivity index (χ4n) is 4.98. The first-order chi connectivity index (χ1) is 24.7. The van der Waals surface area contributed by atoms with Gasteiger partial charge in [-0.2, -0.15) is 29.9 Å². The minimum Gasteiger partial charge on any atom is -0.341 e. The Morgan fingerprint density at radius 2 is 0.900 bits per heavy atom. The molecular formula is C34H40N16. The highest BCUT2D eigenvalue weighted by Crippen LogP contribution is 2.23. The van der Waals surface area contributed by atoms with Crippen molar-refractivity contribution in [3.8, 4) is 23.8 Å². The summed E-state index contributed by atoms with van der Waals surface area (Å²) in [5.74, 6) is 3.38. The number of hydrogen-bond acceptors (Lipinski definition) is 12. The van der Waals surface area contributed by atoms with Crippen LogP contribution in [0, 0.1) is 0 Å². The van der Waals surface area contributed by atoms with Gasteiger partial charge in [-0.25, -0.2) is 19.9 Å². The van der Waals surface area contributed by atoms with E-state index in [-0.39, 0.29) is 0 Å². The van der Waals surface area contributed by atoms with Crippen LogP contribution in [0.4, 0.5) is 17.6 Å². The Balaban J connectivity index is 0.000000173. The first-order valence-electron chi connectivity index (χ1n) is 16.7. The third-order valence-corrected chi connectivity index (χ3v) is 7.61. The largest absolute Gasteiger partial charge is 0.341 e. The number of benzene rings is 1. The molecule has 0 spiro atoms. The van der Waals surface area contributed by atoms with Crippen molar-refractivity contribution in [2.75, 3.05) is 29.4 Å². The van der Waals surface area contributed by atoms with Crippen molar-refractivity contribution in [1.29, 1.82) is 0 Å². The lowest BCUT2D eigenvalue weighted by Crippen LogP contribution is -2.28. The number of anilines is 3. The van der Waals surface area contributed by atoms with Gasteiger partial charge in [0, 0.05) is 74.9 Å². The highest BCUT2D eigenvalue weighted by atomic mass is 15.4. The molecule has 0 N–H and O–H groups in total. The van der Waals surface area contributed by atoms with Crippen LogP contribution in [0.2, 0.25) is 0 Å². The molecule has 0 bridgehead atoms. The van der Waals surface area contributed by atoms with Gasteiger partial charge in [0.15, 0.2) is 0 Å². The topological polar surface area (TPSA) is 155 Å². The number of para-hydroxylation sites is 1. The number of imidazole rings is 4. The van der Waals surface area contributed by atoms with Crippen molar-refractivity contribution >= 4 is 17.6 Å². The summed E-state index contributed by atoms with van der Waals surface area (Å²) in [7, 11) is 0. The number of aromatic nitrogens is 14. The molecule has 16 nitrogen and oxygen atoms in total. The molecule has 1 aromatic carbocycles. The zero-order chi connectivity index (χ0) is 34.5. The molecule has 50 heavy (non-hydrogen) atoms. The van der Waals surface area contributed by atoms with Gasteiger partial charge in [-0.1, -0.05) is 44.9 Å². The highest BCUT2D eigenvalue weighted by molar-refractivity contribution is 5.57. The number of hydrogen-bond donors (Lipinski definition) is 0. The van der Waals surface area contributed by atoms with E-state index in [1.165, 1.54) is 0 Å². The van der Waals surface area contributed by atoms with Crippen molar-refractivity contribution in [1.82, 2.24) is 68.1 Å². The molecule has 0 unspecified atom stereocenters. The van der Waals surface area contributed by atoms with Crippen LogP contribution in [0.15, 0.2) is 105 Å². The zero-order valence-electron chi connectivity index (χ0n) is 28.4. The summed E-state index contributed by atoms with van der Waals surface area (Å²) < 4.78 is 7.10. The Bertz CT molecular complexity index is 1860. The fourth-order valence-corrected chi connectivity index (χ4v) is 4.98. The number of nitrogens with zero attached hydrogens (tertiary/aromatic N) is 16. The molecule has 0 fully saturated rings.